The Morgan fingerprint density at radius 2 is 2.00 bits per heavy atom. The van der Waals surface area contributed by atoms with Gasteiger partial charge in [-0.1, -0.05) is 13.8 Å². The average Bonchev–Trinajstić information content (AvgIpc) is 2.63. The van der Waals surface area contributed by atoms with Gasteiger partial charge in [0.05, 0.1) is 5.60 Å². The molecular weight excluding hydrogens is 148 g/mol. The van der Waals surface area contributed by atoms with Crippen LogP contribution in [0.15, 0.2) is 0 Å². The van der Waals surface area contributed by atoms with Gasteiger partial charge in [-0.25, -0.2) is 0 Å². The van der Waals surface area contributed by atoms with Crippen LogP contribution in [-0.2, 0) is 4.74 Å². The highest BCUT2D eigenvalue weighted by atomic mass is 16.5. The Morgan fingerprint density at radius 1 is 1.33 bits per heavy atom. The zero-order valence-corrected chi connectivity index (χ0v) is 8.68. The molecule has 2 aliphatic rings. The summed E-state index contributed by atoms with van der Waals surface area (Å²) in [6.45, 7) is 10.2. The zero-order chi connectivity index (χ0) is 8.98. The van der Waals surface area contributed by atoms with Crippen molar-refractivity contribution in [3.63, 3.8) is 0 Å². The Balaban J connectivity index is 2.16. The Labute approximate surface area is 75.5 Å². The molecule has 0 unspecified atom stereocenters. The van der Waals surface area contributed by atoms with Gasteiger partial charge in [0, 0.05) is 6.61 Å². The summed E-state index contributed by atoms with van der Waals surface area (Å²) in [6, 6.07) is 0. The SMILES string of the molecule is CC(C)[C@]12CCOC(C)(C)[C@H]1C2. The molecule has 1 aliphatic carbocycles. The third-order valence-electron chi connectivity index (χ3n) is 4.15. The van der Waals surface area contributed by atoms with Gasteiger partial charge in [0.15, 0.2) is 0 Å². The van der Waals surface area contributed by atoms with Crippen molar-refractivity contribution in [1.29, 1.82) is 0 Å². The van der Waals surface area contributed by atoms with Crippen LogP contribution in [0.2, 0.25) is 0 Å². The fraction of sp³-hybridized carbons (Fsp3) is 1.00. The lowest BCUT2D eigenvalue weighted by Crippen LogP contribution is -2.37. The van der Waals surface area contributed by atoms with Crippen molar-refractivity contribution in [2.24, 2.45) is 17.3 Å². The summed E-state index contributed by atoms with van der Waals surface area (Å²) in [6.07, 6.45) is 2.69. The molecule has 2 fully saturated rings. The van der Waals surface area contributed by atoms with E-state index in [2.05, 4.69) is 27.7 Å². The first-order valence-electron chi connectivity index (χ1n) is 5.13. The highest BCUT2D eigenvalue weighted by Crippen LogP contribution is 2.67. The van der Waals surface area contributed by atoms with Gasteiger partial charge in [0.1, 0.15) is 0 Å². The first kappa shape index (κ1) is 8.55. The monoisotopic (exact) mass is 168 g/mol. The molecule has 70 valence electrons. The maximum Gasteiger partial charge on any atom is 0.0660 e. The summed E-state index contributed by atoms with van der Waals surface area (Å²) in [7, 11) is 0. The Kier molecular flexibility index (Phi) is 1.61. The number of hydrogen-bond donors (Lipinski definition) is 0. The maximum atomic E-state index is 5.79. The summed E-state index contributed by atoms with van der Waals surface area (Å²) >= 11 is 0. The lowest BCUT2D eigenvalue weighted by atomic mass is 9.81. The number of hydrogen-bond acceptors (Lipinski definition) is 1. The van der Waals surface area contributed by atoms with Crippen LogP contribution >= 0.6 is 0 Å². The quantitative estimate of drug-likeness (QED) is 0.585. The van der Waals surface area contributed by atoms with E-state index in [1.165, 1.54) is 12.8 Å². The first-order valence-corrected chi connectivity index (χ1v) is 5.13. The van der Waals surface area contributed by atoms with E-state index in [1.54, 1.807) is 0 Å². The molecule has 12 heavy (non-hydrogen) atoms. The summed E-state index contributed by atoms with van der Waals surface area (Å²) < 4.78 is 5.79. The average molecular weight is 168 g/mol. The second-order valence-corrected chi connectivity index (χ2v) is 5.35. The molecule has 1 heterocycles. The highest BCUT2D eigenvalue weighted by molar-refractivity contribution is 5.12. The molecule has 1 heteroatoms. The molecule has 0 aromatic rings. The highest BCUT2D eigenvalue weighted by Gasteiger charge is 2.63. The van der Waals surface area contributed by atoms with E-state index in [1.807, 2.05) is 0 Å². The molecule has 0 amide bonds. The smallest absolute Gasteiger partial charge is 0.0660 e. The van der Waals surface area contributed by atoms with Crippen molar-refractivity contribution in [2.45, 2.75) is 46.1 Å². The summed E-state index contributed by atoms with van der Waals surface area (Å²) in [5.74, 6) is 1.67. The zero-order valence-electron chi connectivity index (χ0n) is 8.68. The van der Waals surface area contributed by atoms with Gasteiger partial charge in [0.2, 0.25) is 0 Å². The predicted molar refractivity (Wildman–Crippen MR) is 50.0 cm³/mol. The molecule has 1 nitrogen and oxygen atoms in total. The Bertz CT molecular complexity index is 195. The van der Waals surface area contributed by atoms with Crippen molar-refractivity contribution in [3.8, 4) is 0 Å². The number of fused-ring (bicyclic) bond motifs is 1. The van der Waals surface area contributed by atoms with Gasteiger partial charge in [-0.3, -0.25) is 0 Å². The van der Waals surface area contributed by atoms with Crippen molar-refractivity contribution in [2.75, 3.05) is 6.61 Å². The molecule has 0 N–H and O–H groups in total. The van der Waals surface area contributed by atoms with Gasteiger partial charge in [-0.2, -0.15) is 0 Å². The van der Waals surface area contributed by atoms with E-state index in [4.69, 9.17) is 4.74 Å². The molecule has 0 aromatic heterocycles. The summed E-state index contributed by atoms with van der Waals surface area (Å²) in [5.41, 5.74) is 0.810. The molecule has 0 radical (unpaired) electrons. The van der Waals surface area contributed by atoms with Gasteiger partial charge in [-0.05, 0) is 43.9 Å². The van der Waals surface area contributed by atoms with Crippen LogP contribution in [0.3, 0.4) is 0 Å². The predicted octanol–water partition coefficient (Wildman–Crippen LogP) is 2.85. The molecule has 1 aliphatic heterocycles. The van der Waals surface area contributed by atoms with E-state index in [0.29, 0.717) is 5.41 Å². The van der Waals surface area contributed by atoms with Crippen LogP contribution in [0.4, 0.5) is 0 Å². The molecule has 0 bridgehead atoms. The van der Waals surface area contributed by atoms with Crippen molar-refractivity contribution in [3.05, 3.63) is 0 Å². The van der Waals surface area contributed by atoms with Gasteiger partial charge in [-0.15, -0.1) is 0 Å². The molecule has 2 atom stereocenters. The van der Waals surface area contributed by atoms with Crippen LogP contribution in [-0.4, -0.2) is 12.2 Å². The van der Waals surface area contributed by atoms with Crippen LogP contribution in [0, 0.1) is 17.3 Å². The molecule has 1 saturated carbocycles. The van der Waals surface area contributed by atoms with E-state index in [0.717, 1.165) is 18.4 Å². The summed E-state index contributed by atoms with van der Waals surface area (Å²) in [4.78, 5) is 0. The normalized spacial score (nSPS) is 44.2. The first-order chi connectivity index (χ1) is 5.49. The van der Waals surface area contributed by atoms with Crippen molar-refractivity contribution >= 4 is 0 Å². The van der Waals surface area contributed by atoms with E-state index >= 15 is 0 Å². The topological polar surface area (TPSA) is 9.23 Å². The van der Waals surface area contributed by atoms with Crippen molar-refractivity contribution in [1.82, 2.24) is 0 Å². The largest absolute Gasteiger partial charge is 0.375 e. The molecule has 1 saturated heterocycles. The van der Waals surface area contributed by atoms with E-state index in [9.17, 15) is 0 Å². The minimum Gasteiger partial charge on any atom is -0.375 e. The molecule has 0 spiro atoms. The standard InChI is InChI=1S/C11H20O/c1-8(2)11-5-6-12-10(3,4)9(11)7-11/h8-9H,5-7H2,1-4H3/t9-,11-/m1/s1. The second kappa shape index (κ2) is 2.25. The second-order valence-electron chi connectivity index (χ2n) is 5.35. The minimum absolute atomic E-state index is 0.155. The van der Waals surface area contributed by atoms with Crippen LogP contribution in [0.5, 0.6) is 0 Å². The fourth-order valence-corrected chi connectivity index (χ4v) is 3.07. The lowest BCUT2D eigenvalue weighted by Gasteiger charge is -2.36. The van der Waals surface area contributed by atoms with Gasteiger partial charge < -0.3 is 4.74 Å². The Morgan fingerprint density at radius 3 is 2.50 bits per heavy atom. The Hall–Kier alpha value is -0.0400. The van der Waals surface area contributed by atoms with Gasteiger partial charge in [0.25, 0.3) is 0 Å². The van der Waals surface area contributed by atoms with Crippen molar-refractivity contribution < 1.29 is 4.74 Å². The third kappa shape index (κ3) is 0.953. The van der Waals surface area contributed by atoms with Crippen LogP contribution in [0.25, 0.3) is 0 Å². The number of rotatable bonds is 1. The molecule has 0 aromatic carbocycles. The van der Waals surface area contributed by atoms with Crippen LogP contribution in [0.1, 0.15) is 40.5 Å². The summed E-state index contributed by atoms with van der Waals surface area (Å²) in [5, 5.41) is 0. The number of ether oxygens (including phenoxy) is 1. The minimum atomic E-state index is 0.155. The van der Waals surface area contributed by atoms with E-state index in [-0.39, 0.29) is 5.60 Å². The van der Waals surface area contributed by atoms with Gasteiger partial charge >= 0.3 is 0 Å². The third-order valence-corrected chi connectivity index (χ3v) is 4.15. The fourth-order valence-electron chi connectivity index (χ4n) is 3.07. The maximum absolute atomic E-state index is 5.79. The van der Waals surface area contributed by atoms with Crippen LogP contribution < -0.4 is 0 Å². The molecular formula is C11H20O. The lowest BCUT2D eigenvalue weighted by molar-refractivity contribution is -0.0856. The van der Waals surface area contributed by atoms with E-state index < -0.39 is 0 Å². The molecule has 2 rings (SSSR count).